The second kappa shape index (κ2) is 7.90. The number of hydrogen-bond acceptors (Lipinski definition) is 4. The molecule has 0 fully saturated rings. The Balaban J connectivity index is 1.74. The minimum Gasteiger partial charge on any atom is -0.493 e. The predicted octanol–water partition coefficient (Wildman–Crippen LogP) is 5.46. The monoisotopic (exact) mass is 391 g/mol. The third kappa shape index (κ3) is 3.41. The van der Waals surface area contributed by atoms with Crippen molar-refractivity contribution in [3.63, 3.8) is 0 Å². The van der Waals surface area contributed by atoms with Gasteiger partial charge >= 0.3 is 0 Å². The first kappa shape index (κ1) is 18.3. The molecule has 2 aromatic carbocycles. The van der Waals surface area contributed by atoms with Crippen molar-refractivity contribution in [3.8, 4) is 22.6 Å². The van der Waals surface area contributed by atoms with E-state index in [1.165, 1.54) is 4.88 Å². The molecule has 1 aliphatic rings. The molecule has 5 heteroatoms. The molecular weight excluding hydrogens is 370 g/mol. The standard InChI is InChI=1S/C23H21NO3S/c1-3-11-27-19-10-9-16(12-20(19)26-2)17-13-21(25)24-22-18(14-28-23(17)22)15-7-5-4-6-8-15/h3-10,12,14,17H,1,11,13H2,2H3,(H,24,25)/t17-/m0/s1. The van der Waals surface area contributed by atoms with E-state index in [1.54, 1.807) is 24.5 Å². The molecule has 0 saturated heterocycles. The zero-order valence-electron chi connectivity index (χ0n) is 15.6. The molecule has 0 radical (unpaired) electrons. The highest BCUT2D eigenvalue weighted by Crippen LogP contribution is 2.47. The number of nitrogens with one attached hydrogen (secondary N) is 1. The number of ether oxygens (including phenoxy) is 2. The summed E-state index contributed by atoms with van der Waals surface area (Å²) in [6.07, 6.45) is 2.11. The fraction of sp³-hybridized carbons (Fsp3) is 0.174. The molecule has 4 rings (SSSR count). The fourth-order valence-electron chi connectivity index (χ4n) is 3.50. The molecule has 0 unspecified atom stereocenters. The van der Waals surface area contributed by atoms with E-state index in [4.69, 9.17) is 9.47 Å². The van der Waals surface area contributed by atoms with Gasteiger partial charge in [0.1, 0.15) is 6.61 Å². The maximum atomic E-state index is 12.5. The van der Waals surface area contributed by atoms with Crippen molar-refractivity contribution in [2.75, 3.05) is 19.0 Å². The topological polar surface area (TPSA) is 47.6 Å². The SMILES string of the molecule is C=CCOc1ccc([C@@H]2CC(=O)Nc3c(-c4ccccc4)csc32)cc1OC. The van der Waals surface area contributed by atoms with E-state index in [-0.39, 0.29) is 11.8 Å². The van der Waals surface area contributed by atoms with E-state index in [0.29, 0.717) is 24.5 Å². The van der Waals surface area contributed by atoms with Crippen molar-refractivity contribution in [1.82, 2.24) is 0 Å². The Morgan fingerprint density at radius 3 is 2.79 bits per heavy atom. The van der Waals surface area contributed by atoms with Crippen LogP contribution in [-0.4, -0.2) is 19.6 Å². The Labute approximate surface area is 168 Å². The molecule has 3 aromatic rings. The number of thiophene rings is 1. The molecule has 142 valence electrons. The van der Waals surface area contributed by atoms with Crippen LogP contribution in [0.25, 0.3) is 11.1 Å². The molecular formula is C23H21NO3S. The van der Waals surface area contributed by atoms with Crippen LogP contribution in [0.4, 0.5) is 5.69 Å². The van der Waals surface area contributed by atoms with E-state index in [0.717, 1.165) is 22.4 Å². The lowest BCUT2D eigenvalue weighted by atomic mass is 9.89. The molecule has 0 saturated carbocycles. The summed E-state index contributed by atoms with van der Waals surface area (Å²) in [4.78, 5) is 13.6. The lowest BCUT2D eigenvalue weighted by Gasteiger charge is -2.24. The first-order chi connectivity index (χ1) is 13.7. The van der Waals surface area contributed by atoms with Crippen molar-refractivity contribution < 1.29 is 14.3 Å². The highest BCUT2D eigenvalue weighted by Gasteiger charge is 2.31. The van der Waals surface area contributed by atoms with Gasteiger partial charge in [0, 0.05) is 28.2 Å². The quantitative estimate of drug-likeness (QED) is 0.568. The van der Waals surface area contributed by atoms with Crippen molar-refractivity contribution in [1.29, 1.82) is 0 Å². The summed E-state index contributed by atoms with van der Waals surface area (Å²) in [6, 6.07) is 16.0. The number of methoxy groups -OCH3 is 1. The Hall–Kier alpha value is -3.05. The molecule has 1 aliphatic heterocycles. The van der Waals surface area contributed by atoms with E-state index in [2.05, 4.69) is 29.4 Å². The van der Waals surface area contributed by atoms with Crippen LogP contribution in [0.15, 0.2) is 66.6 Å². The van der Waals surface area contributed by atoms with Gasteiger partial charge in [-0.3, -0.25) is 4.79 Å². The Morgan fingerprint density at radius 1 is 1.21 bits per heavy atom. The molecule has 1 atom stereocenters. The van der Waals surface area contributed by atoms with Gasteiger partial charge in [-0.1, -0.05) is 49.1 Å². The number of rotatable bonds is 6. The Kier molecular flexibility index (Phi) is 5.17. The van der Waals surface area contributed by atoms with Crippen LogP contribution < -0.4 is 14.8 Å². The fourth-order valence-corrected chi connectivity index (χ4v) is 4.66. The summed E-state index contributed by atoms with van der Waals surface area (Å²) in [6.45, 7) is 4.09. The number of carbonyl (C=O) groups excluding carboxylic acids is 1. The van der Waals surface area contributed by atoms with Gasteiger partial charge in [-0.05, 0) is 23.3 Å². The maximum absolute atomic E-state index is 12.5. The second-order valence-corrected chi connectivity index (χ2v) is 7.48. The van der Waals surface area contributed by atoms with Gasteiger partial charge in [0.2, 0.25) is 5.91 Å². The van der Waals surface area contributed by atoms with Crippen molar-refractivity contribution in [3.05, 3.63) is 77.0 Å². The zero-order chi connectivity index (χ0) is 19.5. The summed E-state index contributed by atoms with van der Waals surface area (Å²) in [5.74, 6) is 1.35. The van der Waals surface area contributed by atoms with Crippen LogP contribution in [0.2, 0.25) is 0 Å². The second-order valence-electron chi connectivity index (χ2n) is 6.57. The van der Waals surface area contributed by atoms with Gasteiger partial charge in [0.15, 0.2) is 11.5 Å². The van der Waals surface area contributed by atoms with Crippen LogP contribution in [0.3, 0.4) is 0 Å². The normalized spacial score (nSPS) is 15.5. The minimum absolute atomic E-state index is 0.00596. The van der Waals surface area contributed by atoms with E-state index < -0.39 is 0 Å². The van der Waals surface area contributed by atoms with Crippen molar-refractivity contribution in [2.24, 2.45) is 0 Å². The van der Waals surface area contributed by atoms with Gasteiger partial charge in [-0.15, -0.1) is 11.3 Å². The van der Waals surface area contributed by atoms with Gasteiger partial charge < -0.3 is 14.8 Å². The Bertz CT molecular complexity index is 1010. The highest BCUT2D eigenvalue weighted by molar-refractivity contribution is 7.11. The number of amides is 1. The summed E-state index contributed by atoms with van der Waals surface area (Å²) in [5, 5.41) is 5.20. The van der Waals surface area contributed by atoms with E-state index in [9.17, 15) is 4.79 Å². The third-order valence-electron chi connectivity index (χ3n) is 4.82. The molecule has 0 spiro atoms. The minimum atomic E-state index is -0.00596. The molecule has 1 aromatic heterocycles. The van der Waals surface area contributed by atoms with Crippen LogP contribution in [0.5, 0.6) is 11.5 Å². The molecule has 1 amide bonds. The smallest absolute Gasteiger partial charge is 0.225 e. The highest BCUT2D eigenvalue weighted by atomic mass is 32.1. The van der Waals surface area contributed by atoms with Crippen LogP contribution >= 0.6 is 11.3 Å². The average Bonchev–Trinajstić information content (AvgIpc) is 3.16. The van der Waals surface area contributed by atoms with Gasteiger partial charge in [0.25, 0.3) is 0 Å². The zero-order valence-corrected chi connectivity index (χ0v) is 16.4. The predicted molar refractivity (Wildman–Crippen MR) is 114 cm³/mol. The van der Waals surface area contributed by atoms with Gasteiger partial charge in [-0.25, -0.2) is 0 Å². The molecule has 1 N–H and O–H groups in total. The number of hydrogen-bond donors (Lipinski definition) is 1. The average molecular weight is 391 g/mol. The summed E-state index contributed by atoms with van der Waals surface area (Å²) in [5.41, 5.74) is 4.13. The van der Waals surface area contributed by atoms with Crippen LogP contribution in [0, 0.1) is 0 Å². The van der Waals surface area contributed by atoms with Crippen molar-refractivity contribution in [2.45, 2.75) is 12.3 Å². The molecule has 4 nitrogen and oxygen atoms in total. The molecule has 0 bridgehead atoms. The molecule has 2 heterocycles. The maximum Gasteiger partial charge on any atom is 0.225 e. The van der Waals surface area contributed by atoms with Crippen LogP contribution in [0.1, 0.15) is 22.8 Å². The summed E-state index contributed by atoms with van der Waals surface area (Å²) in [7, 11) is 1.62. The number of benzene rings is 2. The first-order valence-corrected chi connectivity index (χ1v) is 9.97. The molecule has 28 heavy (non-hydrogen) atoms. The van der Waals surface area contributed by atoms with E-state index >= 15 is 0 Å². The summed E-state index contributed by atoms with van der Waals surface area (Å²) >= 11 is 1.68. The largest absolute Gasteiger partial charge is 0.493 e. The van der Waals surface area contributed by atoms with Gasteiger partial charge in [0.05, 0.1) is 12.8 Å². The number of anilines is 1. The first-order valence-electron chi connectivity index (χ1n) is 9.09. The van der Waals surface area contributed by atoms with Gasteiger partial charge in [-0.2, -0.15) is 0 Å². The summed E-state index contributed by atoms with van der Waals surface area (Å²) < 4.78 is 11.2. The van der Waals surface area contributed by atoms with E-state index in [1.807, 2.05) is 36.4 Å². The van der Waals surface area contributed by atoms with Crippen LogP contribution in [-0.2, 0) is 4.79 Å². The third-order valence-corrected chi connectivity index (χ3v) is 5.92. The lowest BCUT2D eigenvalue weighted by Crippen LogP contribution is -2.22. The number of fused-ring (bicyclic) bond motifs is 1. The lowest BCUT2D eigenvalue weighted by molar-refractivity contribution is -0.116. The van der Waals surface area contributed by atoms with Crippen molar-refractivity contribution >= 4 is 22.9 Å². The molecule has 0 aliphatic carbocycles. The Morgan fingerprint density at radius 2 is 2.04 bits per heavy atom. The number of carbonyl (C=O) groups is 1.